The molecule has 1 atom stereocenters. The van der Waals surface area contributed by atoms with Crippen molar-refractivity contribution < 1.29 is 4.79 Å². The lowest BCUT2D eigenvalue weighted by molar-refractivity contribution is -0.131. The quantitative estimate of drug-likeness (QED) is 0.699. The molecule has 1 rings (SSSR count). The van der Waals surface area contributed by atoms with Crippen LogP contribution in [0.3, 0.4) is 0 Å². The highest BCUT2D eigenvalue weighted by atomic mass is 32.2. The van der Waals surface area contributed by atoms with Crippen molar-refractivity contribution in [3.05, 3.63) is 0 Å². The normalized spacial score (nSPS) is 21.6. The molecular formula is C9H19N3OS. The maximum atomic E-state index is 11.8. The molecule has 5 heteroatoms. The molecule has 1 saturated heterocycles. The second kappa shape index (κ2) is 5.58. The number of carbonyl (C=O) groups is 1. The Bertz CT molecular complexity index is 192. The minimum atomic E-state index is 0.0344. The van der Waals surface area contributed by atoms with Crippen LogP contribution in [0.5, 0.6) is 0 Å². The van der Waals surface area contributed by atoms with Crippen LogP contribution < -0.4 is 5.32 Å². The second-order valence-electron chi connectivity index (χ2n) is 3.83. The van der Waals surface area contributed by atoms with Gasteiger partial charge in [-0.2, -0.15) is 0 Å². The Morgan fingerprint density at radius 1 is 1.43 bits per heavy atom. The van der Waals surface area contributed by atoms with Gasteiger partial charge >= 0.3 is 0 Å². The number of nitrogens with zero attached hydrogens (tertiary/aromatic N) is 2. The first kappa shape index (κ1) is 11.8. The molecule has 0 aliphatic carbocycles. The summed E-state index contributed by atoms with van der Waals surface area (Å²) in [5.41, 5.74) is 0. The maximum absolute atomic E-state index is 11.8. The van der Waals surface area contributed by atoms with Gasteiger partial charge in [0.1, 0.15) is 0 Å². The van der Waals surface area contributed by atoms with Crippen molar-refractivity contribution in [3.8, 4) is 0 Å². The van der Waals surface area contributed by atoms with Gasteiger partial charge < -0.3 is 9.80 Å². The first-order valence-corrected chi connectivity index (χ1v) is 5.97. The minimum absolute atomic E-state index is 0.0344. The van der Waals surface area contributed by atoms with Gasteiger partial charge in [0, 0.05) is 31.8 Å². The predicted octanol–water partition coefficient (Wildman–Crippen LogP) is -0.331. The summed E-state index contributed by atoms with van der Waals surface area (Å²) >= 11 is 1.78. The van der Waals surface area contributed by atoms with E-state index in [4.69, 9.17) is 0 Å². The van der Waals surface area contributed by atoms with Gasteiger partial charge in [-0.15, -0.1) is 11.8 Å². The summed E-state index contributed by atoms with van der Waals surface area (Å²) in [5.74, 6) is 2.03. The van der Waals surface area contributed by atoms with Crippen LogP contribution in [0.15, 0.2) is 0 Å². The molecular weight excluding hydrogens is 198 g/mol. The van der Waals surface area contributed by atoms with Crippen molar-refractivity contribution in [2.45, 2.75) is 6.04 Å². The van der Waals surface area contributed by atoms with E-state index in [1.807, 2.05) is 26.0 Å². The van der Waals surface area contributed by atoms with Gasteiger partial charge in [0.25, 0.3) is 0 Å². The number of amides is 1. The van der Waals surface area contributed by atoms with E-state index >= 15 is 0 Å². The summed E-state index contributed by atoms with van der Waals surface area (Å²) in [7, 11) is 5.90. The van der Waals surface area contributed by atoms with E-state index in [2.05, 4.69) is 10.2 Å². The van der Waals surface area contributed by atoms with Gasteiger partial charge in [-0.1, -0.05) is 0 Å². The molecule has 0 bridgehead atoms. The molecule has 82 valence electrons. The van der Waals surface area contributed by atoms with Crippen molar-refractivity contribution in [2.24, 2.45) is 0 Å². The molecule has 0 aromatic carbocycles. The largest absolute Gasteiger partial charge is 0.343 e. The predicted molar refractivity (Wildman–Crippen MR) is 60.4 cm³/mol. The van der Waals surface area contributed by atoms with E-state index in [9.17, 15) is 4.79 Å². The summed E-state index contributed by atoms with van der Waals surface area (Å²) in [4.78, 5) is 15.7. The summed E-state index contributed by atoms with van der Waals surface area (Å²) in [6.07, 6.45) is 0. The Balaban J connectivity index is 2.28. The van der Waals surface area contributed by atoms with Crippen LogP contribution in [0.1, 0.15) is 0 Å². The smallest absolute Gasteiger partial charge is 0.240 e. The molecule has 1 heterocycles. The van der Waals surface area contributed by atoms with E-state index in [0.29, 0.717) is 0 Å². The van der Waals surface area contributed by atoms with Gasteiger partial charge in [0.2, 0.25) is 5.91 Å². The second-order valence-corrected chi connectivity index (χ2v) is 4.87. The van der Waals surface area contributed by atoms with Gasteiger partial charge in [0.05, 0.1) is 6.04 Å². The summed E-state index contributed by atoms with van der Waals surface area (Å²) in [5, 5.41) is 3.18. The number of rotatable bonds is 4. The van der Waals surface area contributed by atoms with Gasteiger partial charge in [-0.3, -0.25) is 10.1 Å². The van der Waals surface area contributed by atoms with Gasteiger partial charge in [0.15, 0.2) is 0 Å². The molecule has 14 heavy (non-hydrogen) atoms. The number of likely N-dealkylation sites (N-methyl/N-ethyl adjacent to an activating group) is 2. The lowest BCUT2D eigenvalue weighted by atomic mass is 10.3. The Morgan fingerprint density at radius 3 is 2.64 bits per heavy atom. The lowest BCUT2D eigenvalue weighted by Gasteiger charge is -2.22. The SMILES string of the molecule is CN(C)CCN(C)C(=O)C1CSCN1. The van der Waals surface area contributed by atoms with Crippen molar-refractivity contribution in [3.63, 3.8) is 0 Å². The zero-order valence-electron chi connectivity index (χ0n) is 9.12. The van der Waals surface area contributed by atoms with Crippen molar-refractivity contribution in [2.75, 3.05) is 45.9 Å². The Labute approximate surface area is 90.0 Å². The molecule has 1 amide bonds. The van der Waals surface area contributed by atoms with Crippen LogP contribution in [0, 0.1) is 0 Å². The van der Waals surface area contributed by atoms with E-state index < -0.39 is 0 Å². The highest BCUT2D eigenvalue weighted by Crippen LogP contribution is 2.11. The molecule has 1 unspecified atom stereocenters. The number of carbonyl (C=O) groups excluding carboxylic acids is 1. The number of hydrogen-bond acceptors (Lipinski definition) is 4. The molecule has 0 spiro atoms. The van der Waals surface area contributed by atoms with E-state index in [-0.39, 0.29) is 11.9 Å². The summed E-state index contributed by atoms with van der Waals surface area (Å²) in [6, 6.07) is 0.0344. The number of hydrogen-bond donors (Lipinski definition) is 1. The molecule has 1 fully saturated rings. The molecule has 1 aliphatic rings. The fourth-order valence-corrected chi connectivity index (χ4v) is 2.21. The lowest BCUT2D eigenvalue weighted by Crippen LogP contribution is -2.45. The first-order chi connectivity index (χ1) is 6.61. The van der Waals surface area contributed by atoms with E-state index in [1.54, 1.807) is 11.8 Å². The maximum Gasteiger partial charge on any atom is 0.240 e. The zero-order chi connectivity index (χ0) is 10.6. The highest BCUT2D eigenvalue weighted by molar-refractivity contribution is 7.99. The number of thioether (sulfide) groups is 1. The minimum Gasteiger partial charge on any atom is -0.343 e. The Morgan fingerprint density at radius 2 is 2.14 bits per heavy atom. The van der Waals surface area contributed by atoms with Crippen molar-refractivity contribution in [1.29, 1.82) is 0 Å². The fraction of sp³-hybridized carbons (Fsp3) is 0.889. The van der Waals surface area contributed by atoms with Gasteiger partial charge in [-0.25, -0.2) is 0 Å². The van der Waals surface area contributed by atoms with Crippen LogP contribution in [-0.2, 0) is 4.79 Å². The van der Waals surface area contributed by atoms with Crippen LogP contribution in [0.25, 0.3) is 0 Å². The van der Waals surface area contributed by atoms with Crippen LogP contribution in [-0.4, -0.2) is 67.6 Å². The molecule has 1 N–H and O–H groups in total. The van der Waals surface area contributed by atoms with Gasteiger partial charge in [-0.05, 0) is 14.1 Å². The molecule has 0 aromatic rings. The third kappa shape index (κ3) is 3.48. The molecule has 1 aliphatic heterocycles. The average Bonchev–Trinajstić information content (AvgIpc) is 2.65. The van der Waals surface area contributed by atoms with Crippen LogP contribution in [0.4, 0.5) is 0 Å². The third-order valence-electron chi connectivity index (χ3n) is 2.27. The van der Waals surface area contributed by atoms with Crippen LogP contribution >= 0.6 is 11.8 Å². The molecule has 0 aromatic heterocycles. The Hall–Kier alpha value is -0.260. The topological polar surface area (TPSA) is 35.6 Å². The van der Waals surface area contributed by atoms with Crippen LogP contribution in [0.2, 0.25) is 0 Å². The first-order valence-electron chi connectivity index (χ1n) is 4.82. The number of nitrogens with one attached hydrogen (secondary N) is 1. The third-order valence-corrected chi connectivity index (χ3v) is 3.21. The Kier molecular flexibility index (Phi) is 4.71. The zero-order valence-corrected chi connectivity index (χ0v) is 9.93. The fourth-order valence-electron chi connectivity index (χ4n) is 1.28. The standard InChI is InChI=1S/C9H19N3OS/c1-11(2)4-5-12(3)9(13)8-6-14-7-10-8/h8,10H,4-7H2,1-3H3. The molecule has 0 radical (unpaired) electrons. The van der Waals surface area contributed by atoms with E-state index in [0.717, 1.165) is 24.7 Å². The molecule has 0 saturated carbocycles. The summed E-state index contributed by atoms with van der Waals surface area (Å²) < 4.78 is 0. The summed E-state index contributed by atoms with van der Waals surface area (Å²) in [6.45, 7) is 1.72. The van der Waals surface area contributed by atoms with Crippen molar-refractivity contribution in [1.82, 2.24) is 15.1 Å². The van der Waals surface area contributed by atoms with Crippen molar-refractivity contribution >= 4 is 17.7 Å². The average molecular weight is 217 g/mol. The monoisotopic (exact) mass is 217 g/mol. The van der Waals surface area contributed by atoms with E-state index in [1.165, 1.54) is 0 Å². The highest BCUT2D eigenvalue weighted by Gasteiger charge is 2.24. The molecule has 4 nitrogen and oxygen atoms in total.